The quantitative estimate of drug-likeness (QED) is 0.795. The molecule has 6 heteroatoms. The molecular weight excluding hydrogens is 316 g/mol. The molecule has 1 saturated heterocycles. The third-order valence-corrected chi connectivity index (χ3v) is 4.57. The van der Waals surface area contributed by atoms with Crippen molar-refractivity contribution in [1.82, 2.24) is 19.9 Å². The molecule has 0 saturated carbocycles. The lowest BCUT2D eigenvalue weighted by molar-refractivity contribution is -0.128. The van der Waals surface area contributed by atoms with Gasteiger partial charge >= 0.3 is 0 Å². The Morgan fingerprint density at radius 1 is 1.16 bits per heavy atom. The van der Waals surface area contributed by atoms with E-state index in [0.29, 0.717) is 19.8 Å². The Morgan fingerprint density at radius 2 is 2.00 bits per heavy atom. The van der Waals surface area contributed by atoms with Gasteiger partial charge in [0.2, 0.25) is 5.91 Å². The van der Waals surface area contributed by atoms with Crippen LogP contribution in [0.15, 0.2) is 48.9 Å². The van der Waals surface area contributed by atoms with E-state index in [9.17, 15) is 4.79 Å². The van der Waals surface area contributed by atoms with Crippen LogP contribution in [0.4, 0.5) is 0 Å². The number of carbonyl (C=O) groups excluding carboxylic acids is 1. The van der Waals surface area contributed by atoms with Crippen LogP contribution in [0.5, 0.6) is 0 Å². The molecule has 1 aliphatic rings. The lowest BCUT2D eigenvalue weighted by Crippen LogP contribution is -2.33. The average molecular weight is 336 g/mol. The maximum absolute atomic E-state index is 12.2. The number of nitrogens with zero attached hydrogens (tertiary/aromatic N) is 3. The maximum Gasteiger partial charge on any atom is 0.223 e. The molecule has 0 aliphatic carbocycles. The maximum atomic E-state index is 12.2. The average Bonchev–Trinajstić information content (AvgIpc) is 3.11. The number of hydrogen-bond donors (Lipinski definition) is 1. The number of pyridine rings is 1. The van der Waals surface area contributed by atoms with Crippen LogP contribution in [-0.2, 0) is 16.1 Å². The number of imidazole rings is 1. The van der Waals surface area contributed by atoms with Crippen LogP contribution >= 0.6 is 0 Å². The van der Waals surface area contributed by atoms with E-state index in [1.54, 1.807) is 12.5 Å². The van der Waals surface area contributed by atoms with Gasteiger partial charge in [-0.3, -0.25) is 9.36 Å². The highest BCUT2D eigenvalue weighted by molar-refractivity contribution is 5.78. The fourth-order valence-corrected chi connectivity index (χ4v) is 3.10. The Kier molecular flexibility index (Phi) is 4.43. The Balaban J connectivity index is 1.42. The molecule has 3 heterocycles. The van der Waals surface area contributed by atoms with Gasteiger partial charge in [-0.15, -0.1) is 0 Å². The van der Waals surface area contributed by atoms with Gasteiger partial charge in [0, 0.05) is 31.9 Å². The third kappa shape index (κ3) is 3.39. The molecule has 0 radical (unpaired) electrons. The van der Waals surface area contributed by atoms with Crippen LogP contribution in [0.3, 0.4) is 0 Å². The minimum atomic E-state index is 0.0679. The van der Waals surface area contributed by atoms with Gasteiger partial charge in [0.05, 0.1) is 11.0 Å². The molecule has 1 amide bonds. The summed E-state index contributed by atoms with van der Waals surface area (Å²) >= 11 is 0. The zero-order valence-corrected chi connectivity index (χ0v) is 13.9. The number of aromatic nitrogens is 3. The highest BCUT2D eigenvalue weighted by Crippen LogP contribution is 2.17. The van der Waals surface area contributed by atoms with Crippen LogP contribution in [0.1, 0.15) is 18.4 Å². The first-order valence-electron chi connectivity index (χ1n) is 8.54. The highest BCUT2D eigenvalue weighted by atomic mass is 16.5. The molecule has 1 aromatic carbocycles. The summed E-state index contributed by atoms with van der Waals surface area (Å²) in [5.41, 5.74) is 2.95. The van der Waals surface area contributed by atoms with Crippen molar-refractivity contribution >= 4 is 16.9 Å². The summed E-state index contributed by atoms with van der Waals surface area (Å²) in [4.78, 5) is 21.1. The molecule has 3 aromatic rings. The predicted octanol–water partition coefficient (Wildman–Crippen LogP) is 2.46. The minimum absolute atomic E-state index is 0.0679. The topological polar surface area (TPSA) is 69.0 Å². The van der Waals surface area contributed by atoms with Crippen molar-refractivity contribution in [2.75, 3.05) is 13.2 Å². The molecule has 0 atom stereocenters. The number of amides is 1. The zero-order valence-electron chi connectivity index (χ0n) is 13.9. The number of nitrogens with one attached hydrogen (secondary N) is 1. The molecule has 1 fully saturated rings. The molecule has 1 aliphatic heterocycles. The summed E-state index contributed by atoms with van der Waals surface area (Å²) in [5, 5.41) is 3.00. The first kappa shape index (κ1) is 15.8. The Hall–Kier alpha value is -2.73. The minimum Gasteiger partial charge on any atom is -0.381 e. The molecule has 0 unspecified atom stereocenters. The fraction of sp³-hybridized carbons (Fsp3) is 0.316. The van der Waals surface area contributed by atoms with Crippen molar-refractivity contribution in [3.05, 3.63) is 54.5 Å². The second kappa shape index (κ2) is 7.03. The number of hydrogen-bond acceptors (Lipinski definition) is 4. The van der Waals surface area contributed by atoms with Crippen molar-refractivity contribution in [3.8, 4) is 5.82 Å². The van der Waals surface area contributed by atoms with Gasteiger partial charge < -0.3 is 10.1 Å². The van der Waals surface area contributed by atoms with E-state index in [-0.39, 0.29) is 11.8 Å². The van der Waals surface area contributed by atoms with Crippen LogP contribution in [0, 0.1) is 5.92 Å². The third-order valence-electron chi connectivity index (χ3n) is 4.57. The summed E-state index contributed by atoms with van der Waals surface area (Å²) in [6, 6.07) is 11.9. The van der Waals surface area contributed by atoms with Crippen molar-refractivity contribution < 1.29 is 9.53 Å². The summed E-state index contributed by atoms with van der Waals surface area (Å²) in [7, 11) is 0. The summed E-state index contributed by atoms with van der Waals surface area (Å²) < 4.78 is 7.25. The van der Waals surface area contributed by atoms with Gasteiger partial charge in [-0.1, -0.05) is 18.2 Å². The van der Waals surface area contributed by atoms with Gasteiger partial charge in [-0.05, 0) is 36.6 Å². The van der Waals surface area contributed by atoms with E-state index in [2.05, 4.69) is 15.3 Å². The van der Waals surface area contributed by atoms with Gasteiger partial charge in [-0.2, -0.15) is 0 Å². The Bertz CT molecular complexity index is 867. The van der Waals surface area contributed by atoms with E-state index in [4.69, 9.17) is 4.74 Å². The summed E-state index contributed by atoms with van der Waals surface area (Å²) in [5.74, 6) is 0.986. The molecular formula is C19H20N4O2. The van der Waals surface area contributed by atoms with Crippen LogP contribution in [0.2, 0.25) is 0 Å². The summed E-state index contributed by atoms with van der Waals surface area (Å²) in [6.07, 6.45) is 5.18. The molecule has 6 nitrogen and oxygen atoms in total. The number of rotatable bonds is 4. The fourth-order valence-electron chi connectivity index (χ4n) is 3.10. The molecule has 0 spiro atoms. The van der Waals surface area contributed by atoms with Crippen molar-refractivity contribution in [2.24, 2.45) is 5.92 Å². The van der Waals surface area contributed by atoms with Crippen LogP contribution in [-0.4, -0.2) is 33.7 Å². The molecule has 2 aromatic heterocycles. The largest absolute Gasteiger partial charge is 0.381 e. The lowest BCUT2D eigenvalue weighted by Gasteiger charge is -2.21. The second-order valence-corrected chi connectivity index (χ2v) is 6.23. The van der Waals surface area contributed by atoms with E-state index in [1.807, 2.05) is 41.0 Å². The standard InChI is InChI=1S/C19H20N4O2/c24-19(15-7-9-25-10-8-15)21-12-14-5-6-18(20-11-14)23-13-22-16-3-1-2-4-17(16)23/h1-6,11,13,15H,7-10,12H2,(H,21,24). The lowest BCUT2D eigenvalue weighted by atomic mass is 9.99. The number of carbonyl (C=O) groups is 1. The van der Waals surface area contributed by atoms with E-state index < -0.39 is 0 Å². The van der Waals surface area contributed by atoms with Crippen molar-refractivity contribution in [1.29, 1.82) is 0 Å². The van der Waals surface area contributed by atoms with Gasteiger partial charge in [0.1, 0.15) is 12.1 Å². The molecule has 4 rings (SSSR count). The van der Waals surface area contributed by atoms with Crippen LogP contribution < -0.4 is 5.32 Å². The highest BCUT2D eigenvalue weighted by Gasteiger charge is 2.21. The van der Waals surface area contributed by atoms with Crippen LogP contribution in [0.25, 0.3) is 16.9 Å². The molecule has 1 N–H and O–H groups in total. The molecule has 25 heavy (non-hydrogen) atoms. The molecule has 128 valence electrons. The summed E-state index contributed by atoms with van der Waals surface area (Å²) in [6.45, 7) is 1.84. The second-order valence-electron chi connectivity index (χ2n) is 6.23. The van der Waals surface area contributed by atoms with Crippen molar-refractivity contribution in [3.63, 3.8) is 0 Å². The number of benzene rings is 1. The Labute approximate surface area is 145 Å². The zero-order chi connectivity index (χ0) is 17.1. The first-order valence-corrected chi connectivity index (χ1v) is 8.54. The van der Waals surface area contributed by atoms with E-state index in [0.717, 1.165) is 35.3 Å². The Morgan fingerprint density at radius 3 is 2.80 bits per heavy atom. The molecule has 0 bridgehead atoms. The number of fused-ring (bicyclic) bond motifs is 1. The monoisotopic (exact) mass is 336 g/mol. The van der Waals surface area contributed by atoms with Gasteiger partial charge in [0.25, 0.3) is 0 Å². The predicted molar refractivity (Wildman–Crippen MR) is 94.3 cm³/mol. The van der Waals surface area contributed by atoms with Gasteiger partial charge in [-0.25, -0.2) is 9.97 Å². The number of ether oxygens (including phenoxy) is 1. The smallest absolute Gasteiger partial charge is 0.223 e. The van der Waals surface area contributed by atoms with E-state index in [1.165, 1.54) is 0 Å². The SMILES string of the molecule is O=C(NCc1ccc(-n2cnc3ccccc32)nc1)C1CCOCC1. The normalized spacial score (nSPS) is 15.4. The first-order chi connectivity index (χ1) is 12.3. The van der Waals surface area contributed by atoms with E-state index >= 15 is 0 Å². The van der Waals surface area contributed by atoms with Gasteiger partial charge in [0.15, 0.2) is 0 Å². The van der Waals surface area contributed by atoms with Crippen molar-refractivity contribution in [2.45, 2.75) is 19.4 Å². The number of para-hydroxylation sites is 2.